The molecule has 0 bridgehead atoms. The van der Waals surface area contributed by atoms with Gasteiger partial charge in [0.25, 0.3) is 0 Å². The van der Waals surface area contributed by atoms with Crippen molar-refractivity contribution >= 4 is 61.2 Å². The van der Waals surface area contributed by atoms with Gasteiger partial charge in [0, 0.05) is 13.6 Å². The number of aromatic nitrogens is 2. The molecule has 0 spiro atoms. The van der Waals surface area contributed by atoms with Gasteiger partial charge in [-0.15, -0.1) is 0 Å². The monoisotopic (exact) mass is 569 g/mol. The van der Waals surface area contributed by atoms with E-state index in [1.165, 1.54) is 3.57 Å². The van der Waals surface area contributed by atoms with E-state index in [4.69, 9.17) is 4.74 Å². The highest BCUT2D eigenvalue weighted by Gasteiger charge is 2.11. The number of aryl methyl sites for hydroxylation is 1. The number of hydrogen-bond acceptors (Lipinski definition) is 3. The van der Waals surface area contributed by atoms with E-state index in [1.807, 2.05) is 55.5 Å². The third-order valence-corrected chi connectivity index (χ3v) is 5.80. The van der Waals surface area contributed by atoms with E-state index >= 15 is 0 Å². The molecule has 0 aliphatic rings. The second-order valence-corrected chi connectivity index (χ2v) is 9.03. The van der Waals surface area contributed by atoms with Crippen LogP contribution in [0.5, 0.6) is 5.75 Å². The zero-order valence-electron chi connectivity index (χ0n) is 16.1. The molecule has 1 N–H and O–H groups in total. The van der Waals surface area contributed by atoms with Crippen molar-refractivity contribution < 1.29 is 4.74 Å². The Morgan fingerprint density at radius 1 is 1.17 bits per heavy atom. The molecule has 0 aliphatic heterocycles. The summed E-state index contributed by atoms with van der Waals surface area (Å²) in [7, 11) is 0. The van der Waals surface area contributed by atoms with Crippen molar-refractivity contribution in [1.82, 2.24) is 9.97 Å². The van der Waals surface area contributed by atoms with E-state index in [0.717, 1.165) is 32.2 Å². The fourth-order valence-electron chi connectivity index (χ4n) is 3.07. The van der Waals surface area contributed by atoms with Crippen LogP contribution in [0.15, 0.2) is 65.1 Å². The molecule has 4 rings (SSSR count). The van der Waals surface area contributed by atoms with Gasteiger partial charge in [-0.25, -0.2) is 4.98 Å². The van der Waals surface area contributed by atoms with Crippen molar-refractivity contribution in [3.8, 4) is 11.8 Å². The van der Waals surface area contributed by atoms with Crippen molar-refractivity contribution in [2.45, 2.75) is 13.5 Å². The number of halogens is 2. The van der Waals surface area contributed by atoms with Crippen LogP contribution in [0.2, 0.25) is 0 Å². The standard InChI is InChI=1S/C24H17BrIN3O/c1-15-2-8-21-22(10-15)29-24(28-21)18(13-27)11-17-12-19(25)5-9-23(17)30-14-16-3-6-20(26)7-4-16/h2-12H,14H2,1H3,(H,28,29)/b18-11-. The number of nitrogens with one attached hydrogen (secondary N) is 1. The van der Waals surface area contributed by atoms with E-state index in [1.54, 1.807) is 6.08 Å². The minimum atomic E-state index is 0.445. The van der Waals surface area contributed by atoms with Crippen LogP contribution in [0.3, 0.4) is 0 Å². The van der Waals surface area contributed by atoms with Gasteiger partial charge in [-0.1, -0.05) is 34.1 Å². The summed E-state index contributed by atoms with van der Waals surface area (Å²) in [5.41, 5.74) is 5.22. The lowest BCUT2D eigenvalue weighted by Gasteiger charge is -2.10. The number of fused-ring (bicyclic) bond motifs is 1. The van der Waals surface area contributed by atoms with Crippen LogP contribution >= 0.6 is 38.5 Å². The van der Waals surface area contributed by atoms with E-state index in [2.05, 4.69) is 66.7 Å². The highest BCUT2D eigenvalue weighted by Crippen LogP contribution is 2.29. The second-order valence-electron chi connectivity index (χ2n) is 6.87. The maximum absolute atomic E-state index is 9.78. The largest absolute Gasteiger partial charge is 0.488 e. The van der Waals surface area contributed by atoms with Crippen molar-refractivity contribution in [2.24, 2.45) is 0 Å². The lowest BCUT2D eigenvalue weighted by atomic mass is 10.1. The summed E-state index contributed by atoms with van der Waals surface area (Å²) in [6.45, 7) is 2.48. The number of allylic oxidation sites excluding steroid dienone is 1. The number of ether oxygens (including phenoxy) is 1. The van der Waals surface area contributed by atoms with Gasteiger partial charge in [-0.3, -0.25) is 0 Å². The first kappa shape index (κ1) is 20.6. The quantitative estimate of drug-likeness (QED) is 0.210. The van der Waals surface area contributed by atoms with Crippen molar-refractivity contribution in [1.29, 1.82) is 5.26 Å². The number of nitrogens with zero attached hydrogens (tertiary/aromatic N) is 2. The summed E-state index contributed by atoms with van der Waals surface area (Å²) in [6.07, 6.45) is 1.80. The van der Waals surface area contributed by atoms with Crippen LogP contribution in [0.25, 0.3) is 22.7 Å². The third-order valence-electron chi connectivity index (χ3n) is 4.59. The maximum Gasteiger partial charge on any atom is 0.149 e. The topological polar surface area (TPSA) is 61.7 Å². The molecule has 6 heteroatoms. The molecular formula is C24H17BrIN3O. The first-order valence-corrected chi connectivity index (χ1v) is 11.1. The highest BCUT2D eigenvalue weighted by molar-refractivity contribution is 14.1. The van der Waals surface area contributed by atoms with Crippen LogP contribution < -0.4 is 4.74 Å². The van der Waals surface area contributed by atoms with Crippen LogP contribution in [-0.4, -0.2) is 9.97 Å². The van der Waals surface area contributed by atoms with E-state index in [0.29, 0.717) is 23.8 Å². The van der Waals surface area contributed by atoms with Crippen molar-refractivity contribution in [3.05, 3.63) is 91.2 Å². The van der Waals surface area contributed by atoms with Gasteiger partial charge < -0.3 is 9.72 Å². The molecule has 1 heterocycles. The van der Waals surface area contributed by atoms with Gasteiger partial charge in [-0.05, 0) is 89.2 Å². The van der Waals surface area contributed by atoms with Gasteiger partial charge in [0.2, 0.25) is 0 Å². The van der Waals surface area contributed by atoms with Crippen LogP contribution in [0.1, 0.15) is 22.5 Å². The van der Waals surface area contributed by atoms with Crippen LogP contribution in [0.4, 0.5) is 0 Å². The molecule has 0 fully saturated rings. The molecule has 0 aliphatic carbocycles. The van der Waals surface area contributed by atoms with Crippen molar-refractivity contribution in [2.75, 3.05) is 0 Å². The molecule has 1 aromatic heterocycles. The SMILES string of the molecule is Cc1ccc2nc(/C(C#N)=C\c3cc(Br)ccc3OCc3ccc(I)cc3)[nH]c2c1. The summed E-state index contributed by atoms with van der Waals surface area (Å²) in [5, 5.41) is 9.78. The summed E-state index contributed by atoms with van der Waals surface area (Å²) in [4.78, 5) is 7.83. The summed E-state index contributed by atoms with van der Waals surface area (Å²) in [6, 6.07) is 22.2. The minimum Gasteiger partial charge on any atom is -0.488 e. The van der Waals surface area contributed by atoms with E-state index in [9.17, 15) is 5.26 Å². The average Bonchev–Trinajstić information content (AvgIpc) is 3.15. The van der Waals surface area contributed by atoms with E-state index < -0.39 is 0 Å². The first-order valence-electron chi connectivity index (χ1n) is 9.27. The summed E-state index contributed by atoms with van der Waals surface area (Å²) < 4.78 is 8.16. The zero-order chi connectivity index (χ0) is 21.1. The predicted octanol–water partition coefficient (Wildman–Crippen LogP) is 6.88. The average molecular weight is 570 g/mol. The fraction of sp³-hybridized carbons (Fsp3) is 0.0833. The number of H-pyrrole nitrogens is 1. The first-order chi connectivity index (χ1) is 14.5. The van der Waals surface area contributed by atoms with Gasteiger partial charge in [-0.2, -0.15) is 5.26 Å². The highest BCUT2D eigenvalue weighted by atomic mass is 127. The van der Waals surface area contributed by atoms with Gasteiger partial charge in [0.05, 0.1) is 16.6 Å². The Hall–Kier alpha value is -2.63. The van der Waals surface area contributed by atoms with Crippen LogP contribution in [0, 0.1) is 21.8 Å². The molecule has 30 heavy (non-hydrogen) atoms. The summed E-state index contributed by atoms with van der Waals surface area (Å²) in [5.74, 6) is 1.25. The molecule has 4 aromatic rings. The molecule has 4 nitrogen and oxygen atoms in total. The Morgan fingerprint density at radius 2 is 1.97 bits per heavy atom. The molecule has 0 radical (unpaired) electrons. The number of nitriles is 1. The lowest BCUT2D eigenvalue weighted by Crippen LogP contribution is -1.97. The number of hydrogen-bond donors (Lipinski definition) is 1. The Kier molecular flexibility index (Phi) is 6.21. The van der Waals surface area contributed by atoms with Gasteiger partial charge in [0.1, 0.15) is 24.3 Å². The molecule has 0 amide bonds. The molecule has 0 unspecified atom stereocenters. The molecule has 0 saturated carbocycles. The van der Waals surface area contributed by atoms with Crippen LogP contribution in [-0.2, 0) is 6.61 Å². The molecule has 3 aromatic carbocycles. The molecule has 0 atom stereocenters. The minimum absolute atomic E-state index is 0.445. The second kappa shape index (κ2) is 9.02. The zero-order valence-corrected chi connectivity index (χ0v) is 19.9. The number of benzene rings is 3. The Bertz CT molecular complexity index is 1290. The summed E-state index contributed by atoms with van der Waals surface area (Å²) >= 11 is 5.79. The van der Waals surface area contributed by atoms with Gasteiger partial charge >= 0.3 is 0 Å². The molecule has 148 valence electrons. The Morgan fingerprint density at radius 3 is 2.73 bits per heavy atom. The maximum atomic E-state index is 9.78. The normalized spacial score (nSPS) is 11.5. The Labute approximate surface area is 196 Å². The fourth-order valence-corrected chi connectivity index (χ4v) is 3.80. The number of aromatic amines is 1. The van der Waals surface area contributed by atoms with E-state index in [-0.39, 0.29) is 0 Å². The smallest absolute Gasteiger partial charge is 0.149 e. The van der Waals surface area contributed by atoms with Crippen molar-refractivity contribution in [3.63, 3.8) is 0 Å². The van der Waals surface area contributed by atoms with Gasteiger partial charge in [0.15, 0.2) is 0 Å². The lowest BCUT2D eigenvalue weighted by molar-refractivity contribution is 0.305. The predicted molar refractivity (Wildman–Crippen MR) is 132 cm³/mol. The Balaban J connectivity index is 1.67. The molecular weight excluding hydrogens is 553 g/mol. The number of imidazole rings is 1. The third kappa shape index (κ3) is 4.74. The number of rotatable bonds is 5. The molecule has 0 saturated heterocycles.